The summed E-state index contributed by atoms with van der Waals surface area (Å²) in [5.74, 6) is 0.0358. The van der Waals surface area contributed by atoms with E-state index < -0.39 is 17.6 Å². The fourth-order valence-electron chi connectivity index (χ4n) is 3.52. The Bertz CT molecular complexity index is 1120. The van der Waals surface area contributed by atoms with Gasteiger partial charge in [0.1, 0.15) is 5.76 Å². The van der Waals surface area contributed by atoms with Crippen molar-refractivity contribution in [1.29, 1.82) is 0 Å². The van der Waals surface area contributed by atoms with Crippen LogP contribution in [0.3, 0.4) is 0 Å². The van der Waals surface area contributed by atoms with Crippen molar-refractivity contribution in [1.82, 2.24) is 9.78 Å². The molecule has 0 unspecified atom stereocenters. The van der Waals surface area contributed by atoms with Gasteiger partial charge in [-0.1, -0.05) is 11.6 Å². The second-order valence-electron chi connectivity index (χ2n) is 6.86. The molecule has 0 atom stereocenters. The predicted molar refractivity (Wildman–Crippen MR) is 102 cm³/mol. The van der Waals surface area contributed by atoms with E-state index in [2.05, 4.69) is 10.4 Å². The zero-order valence-corrected chi connectivity index (χ0v) is 16.4. The third-order valence-electron chi connectivity index (χ3n) is 4.99. The minimum Gasteiger partial charge on any atom is -0.455 e. The number of anilines is 1. The first-order valence-electron chi connectivity index (χ1n) is 9.06. The van der Waals surface area contributed by atoms with Gasteiger partial charge in [0.05, 0.1) is 22.0 Å². The number of hydrogen-bond acceptors (Lipinski definition) is 3. The molecule has 2 aromatic heterocycles. The Morgan fingerprint density at radius 1 is 1.34 bits per heavy atom. The topological polar surface area (TPSA) is 60.1 Å². The highest BCUT2D eigenvalue weighted by Crippen LogP contribution is 2.39. The van der Waals surface area contributed by atoms with Gasteiger partial charge in [0.15, 0.2) is 5.76 Å². The summed E-state index contributed by atoms with van der Waals surface area (Å²) in [6, 6.07) is 2.77. The molecule has 0 spiro atoms. The molecule has 0 bridgehead atoms. The number of aryl methyl sites for hydroxylation is 3. The number of rotatable bonds is 3. The van der Waals surface area contributed by atoms with Gasteiger partial charge in [-0.05, 0) is 44.0 Å². The number of halogens is 4. The molecule has 2 heterocycles. The van der Waals surface area contributed by atoms with E-state index in [-0.39, 0.29) is 16.5 Å². The predicted octanol–water partition coefficient (Wildman–Crippen LogP) is 5.49. The minimum absolute atomic E-state index is 0.00398. The van der Waals surface area contributed by atoms with E-state index in [1.165, 1.54) is 0 Å². The van der Waals surface area contributed by atoms with Gasteiger partial charge in [-0.25, -0.2) is 0 Å². The standard InChI is InChI=1S/C20H17ClF3N3O2/c1-3-27-9-11-4-7-15-16(17(11)26-27)10(2)18(29-15)19(28)25-14-8-12(20(22,23)24)5-6-13(14)21/h5-6,8-9H,3-4,7H2,1-2H3,(H,25,28). The summed E-state index contributed by atoms with van der Waals surface area (Å²) in [4.78, 5) is 12.8. The van der Waals surface area contributed by atoms with Gasteiger partial charge < -0.3 is 9.73 Å². The van der Waals surface area contributed by atoms with E-state index in [1.807, 2.05) is 17.8 Å². The number of carbonyl (C=O) groups excluding carboxylic acids is 1. The summed E-state index contributed by atoms with van der Waals surface area (Å²) < 4.78 is 46.5. The average Bonchev–Trinajstić information content (AvgIpc) is 3.23. The smallest absolute Gasteiger partial charge is 0.416 e. The van der Waals surface area contributed by atoms with Crippen molar-refractivity contribution in [2.45, 2.75) is 39.4 Å². The number of nitrogens with one attached hydrogen (secondary N) is 1. The lowest BCUT2D eigenvalue weighted by Crippen LogP contribution is -2.14. The molecule has 9 heteroatoms. The first-order chi connectivity index (χ1) is 13.7. The zero-order chi connectivity index (χ0) is 20.9. The van der Waals surface area contributed by atoms with Gasteiger partial charge in [0, 0.05) is 30.3 Å². The molecule has 5 nitrogen and oxygen atoms in total. The molecule has 1 aliphatic carbocycles. The van der Waals surface area contributed by atoms with Crippen LogP contribution in [-0.2, 0) is 25.6 Å². The van der Waals surface area contributed by atoms with Crippen molar-refractivity contribution in [3.63, 3.8) is 0 Å². The molecular formula is C20H17ClF3N3O2. The highest BCUT2D eigenvalue weighted by molar-refractivity contribution is 6.34. The third kappa shape index (κ3) is 3.42. The number of alkyl halides is 3. The van der Waals surface area contributed by atoms with Crippen LogP contribution in [0.4, 0.5) is 18.9 Å². The van der Waals surface area contributed by atoms with Gasteiger partial charge in [-0.2, -0.15) is 18.3 Å². The molecule has 1 aromatic carbocycles. The number of fused-ring (bicyclic) bond motifs is 3. The summed E-state index contributed by atoms with van der Waals surface area (Å²) in [6.07, 6.45) is -1.20. The third-order valence-corrected chi connectivity index (χ3v) is 5.32. The van der Waals surface area contributed by atoms with Gasteiger partial charge >= 0.3 is 6.18 Å². The van der Waals surface area contributed by atoms with Crippen LogP contribution in [0.15, 0.2) is 28.8 Å². The molecule has 1 amide bonds. The Morgan fingerprint density at radius 2 is 2.10 bits per heavy atom. The molecule has 29 heavy (non-hydrogen) atoms. The van der Waals surface area contributed by atoms with Crippen LogP contribution in [0.1, 0.15) is 39.9 Å². The number of carbonyl (C=O) groups is 1. The Labute approximate surface area is 169 Å². The van der Waals surface area contributed by atoms with Crippen LogP contribution >= 0.6 is 11.6 Å². The van der Waals surface area contributed by atoms with Crippen LogP contribution in [0.5, 0.6) is 0 Å². The van der Waals surface area contributed by atoms with E-state index in [1.54, 1.807) is 6.92 Å². The summed E-state index contributed by atoms with van der Waals surface area (Å²) in [7, 11) is 0. The largest absolute Gasteiger partial charge is 0.455 e. The van der Waals surface area contributed by atoms with E-state index in [9.17, 15) is 18.0 Å². The van der Waals surface area contributed by atoms with E-state index in [4.69, 9.17) is 16.0 Å². The Hall–Kier alpha value is -2.74. The van der Waals surface area contributed by atoms with Crippen molar-refractivity contribution < 1.29 is 22.4 Å². The van der Waals surface area contributed by atoms with Gasteiger partial charge in [-0.3, -0.25) is 9.48 Å². The molecule has 0 radical (unpaired) electrons. The zero-order valence-electron chi connectivity index (χ0n) is 15.7. The normalized spacial score (nSPS) is 13.2. The molecule has 0 aliphatic heterocycles. The highest BCUT2D eigenvalue weighted by atomic mass is 35.5. The number of aromatic nitrogens is 2. The molecule has 0 saturated carbocycles. The fourth-order valence-corrected chi connectivity index (χ4v) is 3.68. The molecular weight excluding hydrogens is 407 g/mol. The summed E-state index contributed by atoms with van der Waals surface area (Å²) in [5, 5.41) is 7.00. The van der Waals surface area contributed by atoms with Gasteiger partial charge in [0.2, 0.25) is 0 Å². The number of benzene rings is 1. The monoisotopic (exact) mass is 423 g/mol. The maximum absolute atomic E-state index is 13.0. The van der Waals surface area contributed by atoms with E-state index in [0.717, 1.165) is 48.0 Å². The Balaban J connectivity index is 1.68. The molecule has 0 saturated heterocycles. The maximum atomic E-state index is 13.0. The summed E-state index contributed by atoms with van der Waals surface area (Å²) in [6.45, 7) is 4.45. The number of hydrogen-bond donors (Lipinski definition) is 1. The van der Waals surface area contributed by atoms with Crippen LogP contribution < -0.4 is 5.32 Å². The Kier molecular flexibility index (Phi) is 4.69. The van der Waals surface area contributed by atoms with Crippen molar-refractivity contribution in [3.05, 3.63) is 57.6 Å². The van der Waals surface area contributed by atoms with Crippen molar-refractivity contribution in [3.8, 4) is 11.3 Å². The molecule has 152 valence electrons. The summed E-state index contributed by atoms with van der Waals surface area (Å²) >= 11 is 5.98. The SMILES string of the molecule is CCn1cc2c(n1)-c1c(oc(C(=O)Nc3cc(C(F)(F)F)ccc3Cl)c1C)CC2. The van der Waals surface area contributed by atoms with E-state index in [0.29, 0.717) is 17.7 Å². The lowest BCUT2D eigenvalue weighted by Gasteiger charge is -2.11. The van der Waals surface area contributed by atoms with Crippen LogP contribution in [0, 0.1) is 6.92 Å². The van der Waals surface area contributed by atoms with Crippen molar-refractivity contribution in [2.24, 2.45) is 0 Å². The van der Waals surface area contributed by atoms with Crippen LogP contribution in [-0.4, -0.2) is 15.7 Å². The lowest BCUT2D eigenvalue weighted by atomic mass is 9.93. The second-order valence-corrected chi connectivity index (χ2v) is 7.27. The lowest BCUT2D eigenvalue weighted by molar-refractivity contribution is -0.137. The van der Waals surface area contributed by atoms with Crippen LogP contribution in [0.2, 0.25) is 5.02 Å². The maximum Gasteiger partial charge on any atom is 0.416 e. The molecule has 4 rings (SSSR count). The first kappa shape index (κ1) is 19.6. The number of amides is 1. The van der Waals surface area contributed by atoms with Gasteiger partial charge in [0.25, 0.3) is 5.91 Å². The van der Waals surface area contributed by atoms with Gasteiger partial charge in [-0.15, -0.1) is 0 Å². The minimum atomic E-state index is -4.54. The second kappa shape index (κ2) is 6.95. The van der Waals surface area contributed by atoms with Crippen molar-refractivity contribution >= 4 is 23.2 Å². The number of nitrogens with zero attached hydrogens (tertiary/aromatic N) is 2. The van der Waals surface area contributed by atoms with Crippen molar-refractivity contribution in [2.75, 3.05) is 5.32 Å². The Morgan fingerprint density at radius 3 is 2.79 bits per heavy atom. The van der Waals surface area contributed by atoms with E-state index >= 15 is 0 Å². The molecule has 0 fully saturated rings. The molecule has 1 aliphatic rings. The quantitative estimate of drug-likeness (QED) is 0.605. The summed E-state index contributed by atoms with van der Waals surface area (Å²) in [5.41, 5.74) is 2.21. The highest BCUT2D eigenvalue weighted by Gasteiger charge is 2.32. The first-order valence-corrected chi connectivity index (χ1v) is 9.44. The average molecular weight is 424 g/mol. The number of furan rings is 1. The van der Waals surface area contributed by atoms with Crippen LogP contribution in [0.25, 0.3) is 11.3 Å². The molecule has 3 aromatic rings. The molecule has 1 N–H and O–H groups in total. The fraction of sp³-hybridized carbons (Fsp3) is 0.300.